The van der Waals surface area contributed by atoms with Gasteiger partial charge in [-0.25, -0.2) is 0 Å². The number of anilines is 1. The van der Waals surface area contributed by atoms with Crippen molar-refractivity contribution in [1.82, 2.24) is 5.32 Å². The molecule has 0 aliphatic carbocycles. The Labute approximate surface area is 117 Å². The average Bonchev–Trinajstić information content (AvgIpc) is 2.70. The van der Waals surface area contributed by atoms with Gasteiger partial charge in [-0.15, -0.1) is 11.3 Å². The third kappa shape index (κ3) is 2.96. The fourth-order valence-electron chi connectivity index (χ4n) is 1.94. The first kappa shape index (κ1) is 13.6. The molecule has 2 aromatic rings. The number of para-hydroxylation sites is 1. The largest absolute Gasteiger partial charge is 0.398 e. The Bertz CT molecular complexity index is 584. The van der Waals surface area contributed by atoms with E-state index in [1.54, 1.807) is 0 Å². The predicted octanol–water partition coefficient (Wildman–Crippen LogP) is 3.44. The lowest BCUT2D eigenvalue weighted by atomic mass is 10.1. The van der Waals surface area contributed by atoms with Crippen LogP contribution in [0.4, 0.5) is 5.69 Å². The number of nitrogens with two attached hydrogens (primary N) is 1. The van der Waals surface area contributed by atoms with Gasteiger partial charge in [-0.2, -0.15) is 0 Å². The molecule has 0 bridgehead atoms. The maximum absolute atomic E-state index is 12.2. The Balaban J connectivity index is 2.13. The molecule has 0 aliphatic rings. The van der Waals surface area contributed by atoms with Gasteiger partial charge in [0.2, 0.25) is 0 Å². The van der Waals surface area contributed by atoms with E-state index in [1.807, 2.05) is 51.1 Å². The van der Waals surface area contributed by atoms with E-state index in [0.29, 0.717) is 5.69 Å². The maximum Gasteiger partial charge on any atom is 0.261 e. The van der Waals surface area contributed by atoms with Crippen LogP contribution in [-0.2, 0) is 0 Å². The molecule has 2 rings (SSSR count). The smallest absolute Gasteiger partial charge is 0.261 e. The lowest BCUT2D eigenvalue weighted by Gasteiger charge is -2.15. The van der Waals surface area contributed by atoms with Crippen LogP contribution in [0.5, 0.6) is 0 Å². The van der Waals surface area contributed by atoms with E-state index in [9.17, 15) is 4.79 Å². The first-order chi connectivity index (χ1) is 8.99. The lowest BCUT2D eigenvalue weighted by Crippen LogP contribution is -2.26. The Hall–Kier alpha value is -1.81. The van der Waals surface area contributed by atoms with Crippen molar-refractivity contribution < 1.29 is 4.79 Å². The van der Waals surface area contributed by atoms with Gasteiger partial charge in [-0.3, -0.25) is 4.79 Å². The summed E-state index contributed by atoms with van der Waals surface area (Å²) in [5, 5.41) is 2.99. The van der Waals surface area contributed by atoms with Crippen molar-refractivity contribution in [3.8, 4) is 0 Å². The van der Waals surface area contributed by atoms with Gasteiger partial charge in [-0.1, -0.05) is 18.2 Å². The minimum Gasteiger partial charge on any atom is -0.398 e. The topological polar surface area (TPSA) is 55.1 Å². The summed E-state index contributed by atoms with van der Waals surface area (Å²) in [7, 11) is 0. The molecular formula is C15H18N2OS. The summed E-state index contributed by atoms with van der Waals surface area (Å²) in [5.74, 6) is -0.0445. The highest BCUT2D eigenvalue weighted by Gasteiger charge is 2.15. The molecule has 19 heavy (non-hydrogen) atoms. The third-order valence-corrected chi connectivity index (χ3v) is 4.35. The number of thiophene rings is 1. The maximum atomic E-state index is 12.2. The van der Waals surface area contributed by atoms with Gasteiger partial charge in [0.1, 0.15) is 0 Å². The minimum absolute atomic E-state index is 0.0445. The van der Waals surface area contributed by atoms with Gasteiger partial charge in [0.15, 0.2) is 0 Å². The van der Waals surface area contributed by atoms with Crippen molar-refractivity contribution in [1.29, 1.82) is 0 Å². The van der Waals surface area contributed by atoms with Gasteiger partial charge >= 0.3 is 0 Å². The van der Waals surface area contributed by atoms with Gasteiger partial charge in [0, 0.05) is 10.6 Å². The molecule has 4 heteroatoms. The summed E-state index contributed by atoms with van der Waals surface area (Å²) < 4.78 is 0. The van der Waals surface area contributed by atoms with E-state index < -0.39 is 0 Å². The van der Waals surface area contributed by atoms with Crippen LogP contribution >= 0.6 is 11.3 Å². The van der Waals surface area contributed by atoms with E-state index in [2.05, 4.69) is 5.32 Å². The molecule has 1 heterocycles. The zero-order valence-electron chi connectivity index (χ0n) is 11.4. The van der Waals surface area contributed by atoms with E-state index in [1.165, 1.54) is 16.2 Å². The second kappa shape index (κ2) is 5.45. The number of rotatable bonds is 3. The highest BCUT2D eigenvalue weighted by atomic mass is 32.1. The molecule has 1 unspecified atom stereocenters. The van der Waals surface area contributed by atoms with Gasteiger partial charge < -0.3 is 11.1 Å². The number of carbonyl (C=O) groups is 1. The van der Waals surface area contributed by atoms with Crippen molar-refractivity contribution >= 4 is 22.9 Å². The van der Waals surface area contributed by atoms with Crippen LogP contribution in [0, 0.1) is 13.8 Å². The zero-order chi connectivity index (χ0) is 14.0. The van der Waals surface area contributed by atoms with E-state index in [-0.39, 0.29) is 11.9 Å². The molecule has 0 radical (unpaired) electrons. The van der Waals surface area contributed by atoms with Crippen molar-refractivity contribution in [2.24, 2.45) is 0 Å². The summed E-state index contributed by atoms with van der Waals surface area (Å²) in [6.45, 7) is 5.98. The Morgan fingerprint density at radius 2 is 2.00 bits per heavy atom. The molecule has 0 saturated carbocycles. The molecule has 0 aliphatic heterocycles. The summed E-state index contributed by atoms with van der Waals surface area (Å²) in [6, 6.07) is 9.42. The number of hydrogen-bond acceptors (Lipinski definition) is 3. The third-order valence-electron chi connectivity index (χ3n) is 3.20. The average molecular weight is 274 g/mol. The number of hydrogen-bond donors (Lipinski definition) is 2. The van der Waals surface area contributed by atoms with Crippen LogP contribution in [0.2, 0.25) is 0 Å². The monoisotopic (exact) mass is 274 g/mol. The molecular weight excluding hydrogens is 256 g/mol. The fraction of sp³-hybridized carbons (Fsp3) is 0.267. The summed E-state index contributed by atoms with van der Waals surface area (Å²) in [4.78, 5) is 14.1. The minimum atomic E-state index is -0.101. The molecule has 1 amide bonds. The van der Waals surface area contributed by atoms with Crippen molar-refractivity contribution in [2.45, 2.75) is 26.8 Å². The number of aryl methyl sites for hydroxylation is 2. The SMILES string of the molecule is Cc1cc(C(=O)NC(C)c2ccccc2N)sc1C. The van der Waals surface area contributed by atoms with Crippen LogP contribution in [0.3, 0.4) is 0 Å². The van der Waals surface area contributed by atoms with E-state index in [0.717, 1.165) is 16.0 Å². The highest BCUT2D eigenvalue weighted by Crippen LogP contribution is 2.23. The molecule has 0 saturated heterocycles. The predicted molar refractivity (Wildman–Crippen MR) is 80.5 cm³/mol. The molecule has 3 N–H and O–H groups in total. The van der Waals surface area contributed by atoms with E-state index in [4.69, 9.17) is 5.73 Å². The quantitative estimate of drug-likeness (QED) is 0.842. The Kier molecular flexibility index (Phi) is 3.90. The first-order valence-electron chi connectivity index (χ1n) is 6.21. The molecule has 1 aromatic heterocycles. The summed E-state index contributed by atoms with van der Waals surface area (Å²) in [5.41, 5.74) is 8.72. The molecule has 0 fully saturated rings. The summed E-state index contributed by atoms with van der Waals surface area (Å²) >= 11 is 1.52. The molecule has 100 valence electrons. The standard InChI is InChI=1S/C15H18N2OS/c1-9-8-14(19-11(9)3)15(18)17-10(2)12-6-4-5-7-13(12)16/h4-8,10H,16H2,1-3H3,(H,17,18). The molecule has 3 nitrogen and oxygen atoms in total. The number of carbonyl (C=O) groups excluding carboxylic acids is 1. The van der Waals surface area contributed by atoms with Gasteiger partial charge in [0.05, 0.1) is 10.9 Å². The molecule has 1 aromatic carbocycles. The van der Waals surface area contributed by atoms with Crippen LogP contribution in [0.1, 0.15) is 38.6 Å². The molecule has 0 spiro atoms. The number of benzene rings is 1. The number of amides is 1. The van der Waals surface area contributed by atoms with Crippen molar-refractivity contribution in [2.75, 3.05) is 5.73 Å². The van der Waals surface area contributed by atoms with Crippen LogP contribution in [0.15, 0.2) is 30.3 Å². The first-order valence-corrected chi connectivity index (χ1v) is 7.03. The Morgan fingerprint density at radius 1 is 1.32 bits per heavy atom. The lowest BCUT2D eigenvalue weighted by molar-refractivity contribution is 0.0944. The van der Waals surface area contributed by atoms with Gasteiger partial charge in [0.25, 0.3) is 5.91 Å². The van der Waals surface area contributed by atoms with Crippen molar-refractivity contribution in [3.05, 3.63) is 51.2 Å². The van der Waals surface area contributed by atoms with Crippen molar-refractivity contribution in [3.63, 3.8) is 0 Å². The van der Waals surface area contributed by atoms with E-state index >= 15 is 0 Å². The molecule has 1 atom stereocenters. The zero-order valence-corrected chi connectivity index (χ0v) is 12.2. The van der Waals surface area contributed by atoms with Crippen LogP contribution < -0.4 is 11.1 Å². The number of nitrogens with one attached hydrogen (secondary N) is 1. The van der Waals surface area contributed by atoms with Gasteiger partial charge in [-0.05, 0) is 44.0 Å². The second-order valence-electron chi connectivity index (χ2n) is 4.67. The summed E-state index contributed by atoms with van der Waals surface area (Å²) in [6.07, 6.45) is 0. The normalized spacial score (nSPS) is 12.2. The fourth-order valence-corrected chi connectivity index (χ4v) is 2.87. The Morgan fingerprint density at radius 3 is 2.58 bits per heavy atom. The van der Waals surface area contributed by atoms with Crippen LogP contribution in [0.25, 0.3) is 0 Å². The second-order valence-corrected chi connectivity index (χ2v) is 5.93. The number of nitrogen functional groups attached to an aromatic ring is 1. The van der Waals surface area contributed by atoms with Crippen LogP contribution in [-0.4, -0.2) is 5.91 Å². The highest BCUT2D eigenvalue weighted by molar-refractivity contribution is 7.14.